The number of hydrogen-bond acceptors (Lipinski definition) is 3. The predicted octanol–water partition coefficient (Wildman–Crippen LogP) is 1.98. The van der Waals surface area contributed by atoms with Gasteiger partial charge in [-0.05, 0) is 19.1 Å². The van der Waals surface area contributed by atoms with Crippen molar-refractivity contribution in [2.75, 3.05) is 5.32 Å². The summed E-state index contributed by atoms with van der Waals surface area (Å²) in [5.74, 6) is -1.03. The normalized spacial score (nSPS) is 11.1. The van der Waals surface area contributed by atoms with E-state index in [1.165, 1.54) is 0 Å². The van der Waals surface area contributed by atoms with Crippen molar-refractivity contribution in [2.24, 2.45) is 0 Å². The average molecular weight is 287 g/mol. The Hall–Kier alpha value is -2.66. The number of benzene rings is 2. The smallest absolute Gasteiger partial charge is 0.325 e. The molecule has 0 amide bonds. The molecule has 0 aromatic heterocycles. The van der Waals surface area contributed by atoms with Crippen LogP contribution in [-0.2, 0) is 4.79 Å². The topological polar surface area (TPSA) is 97.9 Å². The number of rotatable bonds is 5. The van der Waals surface area contributed by atoms with E-state index < -0.39 is 12.0 Å². The van der Waals surface area contributed by atoms with Gasteiger partial charge in [0.2, 0.25) is 0 Å². The van der Waals surface area contributed by atoms with Crippen LogP contribution in [0.2, 0.25) is 0 Å². The van der Waals surface area contributed by atoms with Crippen molar-refractivity contribution in [1.82, 2.24) is 0 Å². The summed E-state index contributed by atoms with van der Waals surface area (Å²) in [5.41, 5.74) is 1.75. The van der Waals surface area contributed by atoms with Crippen molar-refractivity contribution in [3.05, 3.63) is 65.7 Å². The first kappa shape index (κ1) is 16.4. The van der Waals surface area contributed by atoms with Crippen LogP contribution < -0.4 is 5.32 Å². The minimum absolute atomic E-state index is 0. The number of ketones is 1. The molecule has 0 aliphatic heterocycles. The van der Waals surface area contributed by atoms with Crippen molar-refractivity contribution in [2.45, 2.75) is 13.0 Å². The third kappa shape index (κ3) is 4.15. The van der Waals surface area contributed by atoms with Crippen LogP contribution in [0.3, 0.4) is 0 Å². The van der Waals surface area contributed by atoms with Crippen molar-refractivity contribution in [3.63, 3.8) is 0 Å². The Morgan fingerprint density at radius 2 is 1.62 bits per heavy atom. The highest BCUT2D eigenvalue weighted by molar-refractivity contribution is 6.09. The Morgan fingerprint density at radius 1 is 1.00 bits per heavy atom. The van der Waals surface area contributed by atoms with E-state index in [0.29, 0.717) is 16.8 Å². The molecule has 0 heterocycles. The molecule has 0 saturated carbocycles. The van der Waals surface area contributed by atoms with Crippen LogP contribution in [0, 0.1) is 0 Å². The molecule has 0 radical (unpaired) electrons. The van der Waals surface area contributed by atoms with Crippen LogP contribution in [0.5, 0.6) is 0 Å². The van der Waals surface area contributed by atoms with E-state index in [2.05, 4.69) is 5.32 Å². The summed E-state index contributed by atoms with van der Waals surface area (Å²) in [6, 6.07) is 15.1. The lowest BCUT2D eigenvalue weighted by Gasteiger charge is -2.11. The second-order valence-corrected chi connectivity index (χ2v) is 4.48. The summed E-state index contributed by atoms with van der Waals surface area (Å²) in [6.07, 6.45) is 0. The molecule has 2 rings (SSSR count). The van der Waals surface area contributed by atoms with Crippen molar-refractivity contribution in [1.29, 1.82) is 0 Å². The van der Waals surface area contributed by atoms with E-state index in [0.717, 1.165) is 0 Å². The van der Waals surface area contributed by atoms with Crippen molar-refractivity contribution in [3.8, 4) is 0 Å². The second kappa shape index (κ2) is 7.21. The molecule has 0 aliphatic rings. The van der Waals surface area contributed by atoms with Gasteiger partial charge >= 0.3 is 5.97 Å². The SMILES string of the molecule is C[C@H](Nc1cccc(C(=O)c2ccccc2)c1)C(=O)O.O. The number of carboxylic acid groups (broad SMARTS) is 1. The minimum Gasteiger partial charge on any atom is -0.480 e. The molecular weight excluding hydrogens is 270 g/mol. The zero-order valence-electron chi connectivity index (χ0n) is 11.5. The summed E-state index contributed by atoms with van der Waals surface area (Å²) in [7, 11) is 0. The number of carbonyl (C=O) groups excluding carboxylic acids is 1. The van der Waals surface area contributed by atoms with Gasteiger partial charge < -0.3 is 15.9 Å². The maximum Gasteiger partial charge on any atom is 0.325 e. The van der Waals surface area contributed by atoms with Crippen LogP contribution >= 0.6 is 0 Å². The molecule has 21 heavy (non-hydrogen) atoms. The van der Waals surface area contributed by atoms with Crippen LogP contribution in [0.4, 0.5) is 5.69 Å². The highest BCUT2D eigenvalue weighted by atomic mass is 16.4. The summed E-state index contributed by atoms with van der Waals surface area (Å²) in [6.45, 7) is 1.55. The lowest BCUT2D eigenvalue weighted by molar-refractivity contribution is -0.137. The van der Waals surface area contributed by atoms with Gasteiger partial charge in [0.1, 0.15) is 6.04 Å². The van der Waals surface area contributed by atoms with Gasteiger partial charge in [-0.2, -0.15) is 0 Å². The van der Waals surface area contributed by atoms with Gasteiger partial charge in [0.25, 0.3) is 0 Å². The fourth-order valence-electron chi connectivity index (χ4n) is 1.82. The lowest BCUT2D eigenvalue weighted by atomic mass is 10.0. The molecule has 0 spiro atoms. The van der Waals surface area contributed by atoms with Crippen LogP contribution in [0.25, 0.3) is 0 Å². The molecule has 5 heteroatoms. The van der Waals surface area contributed by atoms with Crippen LogP contribution in [-0.4, -0.2) is 28.4 Å². The third-order valence-electron chi connectivity index (χ3n) is 2.91. The summed E-state index contributed by atoms with van der Waals surface area (Å²) in [4.78, 5) is 23.1. The standard InChI is InChI=1S/C16H15NO3.H2O/c1-11(16(19)20)17-14-9-5-8-13(10-14)15(18)12-6-3-2-4-7-12;/h2-11,17H,1H3,(H,19,20);1H2/t11-;/m0./s1. The zero-order valence-corrected chi connectivity index (χ0v) is 11.5. The summed E-state index contributed by atoms with van der Waals surface area (Å²) in [5, 5.41) is 11.7. The number of hydrogen-bond donors (Lipinski definition) is 2. The monoisotopic (exact) mass is 287 g/mol. The first-order valence-electron chi connectivity index (χ1n) is 6.27. The molecule has 0 saturated heterocycles. The van der Waals surface area contributed by atoms with Gasteiger partial charge in [0.15, 0.2) is 5.78 Å². The van der Waals surface area contributed by atoms with E-state index in [4.69, 9.17) is 5.11 Å². The number of carboxylic acids is 1. The molecule has 1 atom stereocenters. The number of nitrogens with one attached hydrogen (secondary N) is 1. The maximum absolute atomic E-state index is 12.3. The largest absolute Gasteiger partial charge is 0.480 e. The van der Waals surface area contributed by atoms with E-state index in [1.54, 1.807) is 43.3 Å². The van der Waals surface area contributed by atoms with Gasteiger partial charge in [0.05, 0.1) is 0 Å². The lowest BCUT2D eigenvalue weighted by Crippen LogP contribution is -2.25. The van der Waals surface area contributed by atoms with Gasteiger partial charge in [-0.1, -0.05) is 42.5 Å². The van der Waals surface area contributed by atoms with Gasteiger partial charge in [-0.15, -0.1) is 0 Å². The summed E-state index contributed by atoms with van der Waals surface area (Å²) < 4.78 is 0. The number of aliphatic carboxylic acids is 1. The van der Waals surface area contributed by atoms with Gasteiger partial charge in [-0.3, -0.25) is 9.59 Å². The fraction of sp³-hybridized carbons (Fsp3) is 0.125. The molecule has 0 aliphatic carbocycles. The second-order valence-electron chi connectivity index (χ2n) is 4.48. The van der Waals surface area contributed by atoms with Crippen LogP contribution in [0.15, 0.2) is 54.6 Å². The summed E-state index contributed by atoms with van der Waals surface area (Å²) >= 11 is 0. The maximum atomic E-state index is 12.3. The molecule has 5 nitrogen and oxygen atoms in total. The molecule has 2 aromatic rings. The fourth-order valence-corrected chi connectivity index (χ4v) is 1.82. The first-order valence-corrected chi connectivity index (χ1v) is 6.27. The Bertz CT molecular complexity index is 625. The predicted molar refractivity (Wildman–Crippen MR) is 80.7 cm³/mol. The highest BCUT2D eigenvalue weighted by Gasteiger charge is 2.12. The van der Waals surface area contributed by atoms with E-state index in [-0.39, 0.29) is 11.3 Å². The van der Waals surface area contributed by atoms with E-state index >= 15 is 0 Å². The number of carbonyl (C=O) groups is 2. The Balaban J connectivity index is 0.00000220. The van der Waals surface area contributed by atoms with Gasteiger partial charge in [0, 0.05) is 16.8 Å². The molecule has 110 valence electrons. The van der Waals surface area contributed by atoms with E-state index in [1.807, 2.05) is 18.2 Å². The average Bonchev–Trinajstić information content (AvgIpc) is 2.47. The molecular formula is C16H17NO4. The third-order valence-corrected chi connectivity index (χ3v) is 2.91. The first-order chi connectivity index (χ1) is 9.58. The van der Waals surface area contributed by atoms with E-state index in [9.17, 15) is 9.59 Å². The highest BCUT2D eigenvalue weighted by Crippen LogP contribution is 2.15. The van der Waals surface area contributed by atoms with Crippen molar-refractivity contribution < 1.29 is 20.2 Å². The van der Waals surface area contributed by atoms with Crippen molar-refractivity contribution >= 4 is 17.4 Å². The number of anilines is 1. The molecule has 2 aromatic carbocycles. The Kier molecular flexibility index (Phi) is 5.63. The van der Waals surface area contributed by atoms with Crippen LogP contribution in [0.1, 0.15) is 22.8 Å². The molecule has 0 fully saturated rings. The molecule has 0 bridgehead atoms. The Morgan fingerprint density at radius 3 is 2.24 bits per heavy atom. The quantitative estimate of drug-likeness (QED) is 0.821. The Labute approximate surface area is 122 Å². The minimum atomic E-state index is -0.940. The zero-order chi connectivity index (χ0) is 14.5. The molecule has 4 N–H and O–H groups in total. The molecule has 0 unspecified atom stereocenters. The van der Waals surface area contributed by atoms with Gasteiger partial charge in [-0.25, -0.2) is 0 Å².